The molecule has 0 aliphatic rings. The molecule has 14 heavy (non-hydrogen) atoms. The Balaban J connectivity index is 2.39. The highest BCUT2D eigenvalue weighted by atomic mass is 16.5. The average molecular weight is 191 g/mol. The minimum atomic E-state index is -1.06. The summed E-state index contributed by atoms with van der Waals surface area (Å²) in [7, 11) is 0. The Bertz CT molecular complexity index is 305. The van der Waals surface area contributed by atoms with E-state index in [4.69, 9.17) is 15.1 Å². The molecule has 3 nitrogen and oxygen atoms in total. The molecule has 0 unspecified atom stereocenters. The van der Waals surface area contributed by atoms with E-state index in [9.17, 15) is 0 Å². The predicted octanol–water partition coefficient (Wildman–Crippen LogP) is 1.48. The molecule has 0 aliphatic carbocycles. The number of aliphatic hydroxyl groups excluding tert-OH is 1. The molecule has 3 heteroatoms. The molecule has 0 aromatic heterocycles. The van der Waals surface area contributed by atoms with Crippen LogP contribution in [-0.4, -0.2) is 17.3 Å². The molecular weight excluding hydrogens is 178 g/mol. The third-order valence-electron chi connectivity index (χ3n) is 1.93. The first kappa shape index (κ1) is 10.7. The van der Waals surface area contributed by atoms with Crippen molar-refractivity contribution in [3.05, 3.63) is 35.9 Å². The first-order chi connectivity index (χ1) is 6.74. The van der Waals surface area contributed by atoms with Crippen LogP contribution in [0.25, 0.3) is 0 Å². The summed E-state index contributed by atoms with van der Waals surface area (Å²) in [5.74, 6) is 0. The zero-order valence-electron chi connectivity index (χ0n) is 8.05. The van der Waals surface area contributed by atoms with Crippen LogP contribution in [0.5, 0.6) is 0 Å². The lowest BCUT2D eigenvalue weighted by Gasteiger charge is -2.13. The molecule has 0 bridgehead atoms. The molecule has 0 saturated heterocycles. The second-order valence-electron chi connectivity index (χ2n) is 3.08. The SMILES string of the molecule is C[C@H](OCc1ccccc1)[C@H](O)C#N. The summed E-state index contributed by atoms with van der Waals surface area (Å²) >= 11 is 0. The lowest BCUT2D eigenvalue weighted by molar-refractivity contribution is -0.0123. The highest BCUT2D eigenvalue weighted by Crippen LogP contribution is 2.05. The maximum Gasteiger partial charge on any atom is 0.166 e. The number of rotatable bonds is 4. The van der Waals surface area contributed by atoms with Gasteiger partial charge in [-0.05, 0) is 12.5 Å². The maximum atomic E-state index is 9.12. The van der Waals surface area contributed by atoms with Crippen molar-refractivity contribution in [1.29, 1.82) is 5.26 Å². The largest absolute Gasteiger partial charge is 0.375 e. The summed E-state index contributed by atoms with van der Waals surface area (Å²) in [6.07, 6.45) is -1.51. The lowest BCUT2D eigenvalue weighted by Crippen LogP contribution is -2.23. The van der Waals surface area contributed by atoms with Gasteiger partial charge in [0.15, 0.2) is 6.10 Å². The number of nitriles is 1. The molecule has 1 aromatic rings. The van der Waals surface area contributed by atoms with Crippen LogP contribution in [0.3, 0.4) is 0 Å². The zero-order valence-corrected chi connectivity index (χ0v) is 8.05. The molecular formula is C11H13NO2. The highest BCUT2D eigenvalue weighted by molar-refractivity contribution is 5.13. The molecule has 0 heterocycles. The summed E-state index contributed by atoms with van der Waals surface area (Å²) in [4.78, 5) is 0. The summed E-state index contributed by atoms with van der Waals surface area (Å²) in [5.41, 5.74) is 1.03. The summed E-state index contributed by atoms with van der Waals surface area (Å²) in [6.45, 7) is 2.09. The van der Waals surface area contributed by atoms with Gasteiger partial charge in [0, 0.05) is 0 Å². The van der Waals surface area contributed by atoms with Crippen molar-refractivity contribution in [2.24, 2.45) is 0 Å². The predicted molar refractivity (Wildman–Crippen MR) is 52.3 cm³/mol. The van der Waals surface area contributed by atoms with Crippen LogP contribution in [0.1, 0.15) is 12.5 Å². The number of nitrogens with zero attached hydrogens (tertiary/aromatic N) is 1. The normalized spacial score (nSPS) is 14.4. The van der Waals surface area contributed by atoms with E-state index in [0.717, 1.165) is 5.56 Å². The number of hydrogen-bond acceptors (Lipinski definition) is 3. The molecule has 1 N–H and O–H groups in total. The average Bonchev–Trinajstić information content (AvgIpc) is 2.26. The van der Waals surface area contributed by atoms with Crippen molar-refractivity contribution in [1.82, 2.24) is 0 Å². The van der Waals surface area contributed by atoms with Gasteiger partial charge in [-0.3, -0.25) is 0 Å². The standard InChI is InChI=1S/C11H13NO2/c1-9(11(13)7-12)14-8-10-5-3-2-4-6-10/h2-6,9,11,13H,8H2,1H3/t9-,11+/m0/s1. The Hall–Kier alpha value is -1.37. The van der Waals surface area contributed by atoms with E-state index in [1.165, 1.54) is 0 Å². The van der Waals surface area contributed by atoms with E-state index in [1.807, 2.05) is 30.3 Å². The molecule has 2 atom stereocenters. The van der Waals surface area contributed by atoms with Gasteiger partial charge >= 0.3 is 0 Å². The van der Waals surface area contributed by atoms with E-state index >= 15 is 0 Å². The Morgan fingerprint density at radius 1 is 1.43 bits per heavy atom. The van der Waals surface area contributed by atoms with Gasteiger partial charge in [0.2, 0.25) is 0 Å². The lowest BCUT2D eigenvalue weighted by atomic mass is 10.2. The van der Waals surface area contributed by atoms with Crippen LogP contribution in [0.4, 0.5) is 0 Å². The summed E-state index contributed by atoms with van der Waals surface area (Å²) < 4.78 is 5.31. The van der Waals surface area contributed by atoms with E-state index < -0.39 is 12.2 Å². The fourth-order valence-corrected chi connectivity index (χ4v) is 0.998. The molecule has 0 radical (unpaired) electrons. The molecule has 0 saturated carbocycles. The molecule has 0 aliphatic heterocycles. The molecule has 74 valence electrons. The third-order valence-corrected chi connectivity index (χ3v) is 1.93. The van der Waals surface area contributed by atoms with Crippen LogP contribution < -0.4 is 0 Å². The fourth-order valence-electron chi connectivity index (χ4n) is 0.998. The van der Waals surface area contributed by atoms with Gasteiger partial charge in [0.05, 0.1) is 18.8 Å². The Kier molecular flexibility index (Phi) is 4.11. The Morgan fingerprint density at radius 2 is 2.07 bits per heavy atom. The van der Waals surface area contributed by atoms with E-state index in [-0.39, 0.29) is 0 Å². The number of hydrogen-bond donors (Lipinski definition) is 1. The van der Waals surface area contributed by atoms with Crippen molar-refractivity contribution in [3.8, 4) is 6.07 Å². The van der Waals surface area contributed by atoms with Gasteiger partial charge in [-0.25, -0.2) is 0 Å². The van der Waals surface area contributed by atoms with Crippen molar-refractivity contribution in [3.63, 3.8) is 0 Å². The van der Waals surface area contributed by atoms with E-state index in [1.54, 1.807) is 13.0 Å². The fraction of sp³-hybridized carbons (Fsp3) is 0.364. The molecule has 0 amide bonds. The van der Waals surface area contributed by atoms with Crippen LogP contribution in [0.2, 0.25) is 0 Å². The van der Waals surface area contributed by atoms with Crippen LogP contribution in [0, 0.1) is 11.3 Å². The minimum absolute atomic E-state index is 0.417. The van der Waals surface area contributed by atoms with Crippen LogP contribution in [0.15, 0.2) is 30.3 Å². The number of ether oxygens (including phenoxy) is 1. The van der Waals surface area contributed by atoms with Gasteiger partial charge in [-0.1, -0.05) is 30.3 Å². The van der Waals surface area contributed by atoms with Gasteiger partial charge in [0.25, 0.3) is 0 Å². The maximum absolute atomic E-state index is 9.12. The van der Waals surface area contributed by atoms with Gasteiger partial charge in [-0.15, -0.1) is 0 Å². The van der Waals surface area contributed by atoms with Crippen LogP contribution in [-0.2, 0) is 11.3 Å². The topological polar surface area (TPSA) is 53.2 Å². The Labute approximate surface area is 83.6 Å². The highest BCUT2D eigenvalue weighted by Gasteiger charge is 2.12. The van der Waals surface area contributed by atoms with Crippen molar-refractivity contribution in [2.45, 2.75) is 25.7 Å². The first-order valence-electron chi connectivity index (χ1n) is 4.47. The van der Waals surface area contributed by atoms with Crippen molar-refractivity contribution in [2.75, 3.05) is 0 Å². The monoisotopic (exact) mass is 191 g/mol. The molecule has 1 rings (SSSR count). The van der Waals surface area contributed by atoms with E-state index in [2.05, 4.69) is 0 Å². The number of aliphatic hydroxyl groups is 1. The zero-order chi connectivity index (χ0) is 10.4. The second kappa shape index (κ2) is 5.38. The Morgan fingerprint density at radius 3 is 2.64 bits per heavy atom. The van der Waals surface area contributed by atoms with Crippen molar-refractivity contribution < 1.29 is 9.84 Å². The minimum Gasteiger partial charge on any atom is -0.375 e. The summed E-state index contributed by atoms with van der Waals surface area (Å²) in [6, 6.07) is 11.4. The summed E-state index contributed by atoms with van der Waals surface area (Å²) in [5, 5.41) is 17.5. The molecule has 0 spiro atoms. The second-order valence-corrected chi connectivity index (χ2v) is 3.08. The van der Waals surface area contributed by atoms with Gasteiger partial charge in [-0.2, -0.15) is 5.26 Å². The molecule has 1 aromatic carbocycles. The van der Waals surface area contributed by atoms with Gasteiger partial charge < -0.3 is 9.84 Å². The third kappa shape index (κ3) is 3.17. The smallest absolute Gasteiger partial charge is 0.166 e. The quantitative estimate of drug-likeness (QED) is 0.733. The van der Waals surface area contributed by atoms with E-state index in [0.29, 0.717) is 6.61 Å². The number of benzene rings is 1. The van der Waals surface area contributed by atoms with Gasteiger partial charge in [0.1, 0.15) is 0 Å². The first-order valence-corrected chi connectivity index (χ1v) is 4.47. The van der Waals surface area contributed by atoms with Crippen LogP contribution >= 0.6 is 0 Å². The molecule has 0 fully saturated rings. The van der Waals surface area contributed by atoms with Crippen molar-refractivity contribution >= 4 is 0 Å².